The molecule has 0 saturated heterocycles. The van der Waals surface area contributed by atoms with Gasteiger partial charge in [0.1, 0.15) is 5.84 Å². The summed E-state index contributed by atoms with van der Waals surface area (Å²) in [5.74, 6) is 0.485. The molecular formula is C24H28N6. The second kappa shape index (κ2) is 8.19. The van der Waals surface area contributed by atoms with Gasteiger partial charge in [-0.15, -0.1) is 0 Å². The molecule has 6 heteroatoms. The average Bonchev–Trinajstić information content (AvgIpc) is 3.04. The van der Waals surface area contributed by atoms with Crippen molar-refractivity contribution < 1.29 is 0 Å². The van der Waals surface area contributed by atoms with Gasteiger partial charge < -0.3 is 9.88 Å². The average molecular weight is 401 g/mol. The van der Waals surface area contributed by atoms with Gasteiger partial charge in [-0.2, -0.15) is 5.26 Å². The van der Waals surface area contributed by atoms with Gasteiger partial charge in [0, 0.05) is 24.2 Å². The summed E-state index contributed by atoms with van der Waals surface area (Å²) in [6, 6.07) is 17.1. The fourth-order valence-corrected chi connectivity index (χ4v) is 4.48. The van der Waals surface area contributed by atoms with Crippen LogP contribution < -0.4 is 10.8 Å². The molecule has 1 aromatic carbocycles. The molecule has 3 N–H and O–H groups in total. The number of hydrogen-bond donors (Lipinski definition) is 3. The van der Waals surface area contributed by atoms with E-state index >= 15 is 0 Å². The first kappa shape index (κ1) is 20.0. The number of pyridine rings is 1. The van der Waals surface area contributed by atoms with Gasteiger partial charge in [0.05, 0.1) is 22.8 Å². The van der Waals surface area contributed by atoms with Gasteiger partial charge in [-0.3, -0.25) is 15.4 Å². The molecular weight excluding hydrogens is 372 g/mol. The molecule has 0 atom stereocenters. The number of hydrogen-bond acceptors (Lipinski definition) is 4. The summed E-state index contributed by atoms with van der Waals surface area (Å²) < 4.78 is 3.97. The quantitative estimate of drug-likeness (QED) is 0.440. The summed E-state index contributed by atoms with van der Waals surface area (Å²) in [4.78, 5) is 0. The maximum atomic E-state index is 9.15. The number of nitrogens with one attached hydrogen (secondary N) is 3. The van der Waals surface area contributed by atoms with Gasteiger partial charge >= 0.3 is 0 Å². The minimum Gasteiger partial charge on any atom is -0.379 e. The predicted molar refractivity (Wildman–Crippen MR) is 120 cm³/mol. The Morgan fingerprint density at radius 3 is 2.47 bits per heavy atom. The van der Waals surface area contributed by atoms with Crippen molar-refractivity contribution in [1.82, 2.24) is 9.13 Å². The van der Waals surface area contributed by atoms with E-state index in [0.29, 0.717) is 11.3 Å². The first-order chi connectivity index (χ1) is 14.5. The molecule has 1 saturated carbocycles. The zero-order chi connectivity index (χ0) is 21.3. The smallest absolute Gasteiger partial charge is 0.154 e. The van der Waals surface area contributed by atoms with Crippen molar-refractivity contribution in [2.75, 3.05) is 5.32 Å². The monoisotopic (exact) mass is 400 g/mol. The molecule has 154 valence electrons. The van der Waals surface area contributed by atoms with E-state index in [1.54, 1.807) is 11.5 Å². The van der Waals surface area contributed by atoms with Crippen molar-refractivity contribution in [2.45, 2.75) is 52.1 Å². The van der Waals surface area contributed by atoms with Crippen LogP contribution in [0.4, 0.5) is 5.69 Å². The van der Waals surface area contributed by atoms with E-state index < -0.39 is 0 Å². The SMILES string of the molecule is CC(=N)n1c(=N)c(NC2CCC(C#N)CC2)cc2c1cc(C)n2Cc1ccccc1. The van der Waals surface area contributed by atoms with Crippen molar-refractivity contribution in [3.8, 4) is 6.07 Å². The number of aryl methyl sites for hydroxylation is 1. The van der Waals surface area contributed by atoms with Crippen LogP contribution in [0.25, 0.3) is 11.0 Å². The van der Waals surface area contributed by atoms with E-state index in [1.165, 1.54) is 5.56 Å². The zero-order valence-electron chi connectivity index (χ0n) is 17.6. The molecule has 0 unspecified atom stereocenters. The highest BCUT2D eigenvalue weighted by Crippen LogP contribution is 2.27. The second-order valence-corrected chi connectivity index (χ2v) is 8.28. The normalized spacial score (nSPS) is 18.8. The summed E-state index contributed by atoms with van der Waals surface area (Å²) in [6.07, 6.45) is 3.67. The van der Waals surface area contributed by atoms with Crippen molar-refractivity contribution in [1.29, 1.82) is 16.1 Å². The van der Waals surface area contributed by atoms with Gasteiger partial charge in [-0.05, 0) is 57.2 Å². The van der Waals surface area contributed by atoms with E-state index in [1.807, 2.05) is 18.2 Å². The van der Waals surface area contributed by atoms with Crippen LogP contribution >= 0.6 is 0 Å². The topological polar surface area (TPSA) is 93.4 Å². The molecule has 3 aromatic rings. The molecule has 2 aromatic heterocycles. The van der Waals surface area contributed by atoms with Crippen LogP contribution in [-0.4, -0.2) is 21.0 Å². The molecule has 4 rings (SSSR count). The molecule has 2 heterocycles. The first-order valence-electron chi connectivity index (χ1n) is 10.5. The van der Waals surface area contributed by atoms with Crippen LogP contribution in [0.15, 0.2) is 42.5 Å². The van der Waals surface area contributed by atoms with Crippen molar-refractivity contribution in [2.24, 2.45) is 5.92 Å². The summed E-state index contributed by atoms with van der Waals surface area (Å²) in [5, 5.41) is 29.8. The van der Waals surface area contributed by atoms with Crippen LogP contribution in [0.2, 0.25) is 0 Å². The largest absolute Gasteiger partial charge is 0.379 e. The highest BCUT2D eigenvalue weighted by molar-refractivity contribution is 5.92. The molecule has 1 fully saturated rings. The summed E-state index contributed by atoms with van der Waals surface area (Å²) in [5.41, 5.74) is 5.30. The maximum Gasteiger partial charge on any atom is 0.154 e. The zero-order valence-corrected chi connectivity index (χ0v) is 17.6. The van der Waals surface area contributed by atoms with Gasteiger partial charge in [-0.1, -0.05) is 30.3 Å². The van der Waals surface area contributed by atoms with Crippen LogP contribution in [0.1, 0.15) is 43.9 Å². The van der Waals surface area contributed by atoms with E-state index in [2.05, 4.69) is 47.1 Å². The van der Waals surface area contributed by atoms with Gasteiger partial charge in [0.25, 0.3) is 0 Å². The van der Waals surface area contributed by atoms with Gasteiger partial charge in [-0.25, -0.2) is 0 Å². The lowest BCUT2D eigenvalue weighted by Crippen LogP contribution is -2.32. The van der Waals surface area contributed by atoms with Gasteiger partial charge in [0.15, 0.2) is 5.49 Å². The lowest BCUT2D eigenvalue weighted by Gasteiger charge is -2.27. The summed E-state index contributed by atoms with van der Waals surface area (Å²) >= 11 is 0. The fourth-order valence-electron chi connectivity index (χ4n) is 4.48. The Hall–Kier alpha value is -3.33. The van der Waals surface area contributed by atoms with E-state index in [4.69, 9.17) is 16.1 Å². The maximum absolute atomic E-state index is 9.15. The molecule has 0 aliphatic heterocycles. The number of nitriles is 1. The predicted octanol–water partition coefficient (Wildman–Crippen LogP) is 4.62. The minimum absolute atomic E-state index is 0.153. The Morgan fingerprint density at radius 1 is 1.13 bits per heavy atom. The lowest BCUT2D eigenvalue weighted by molar-refractivity contribution is 0.397. The summed E-state index contributed by atoms with van der Waals surface area (Å²) in [6.45, 7) is 4.55. The van der Waals surface area contributed by atoms with E-state index in [-0.39, 0.29) is 12.0 Å². The molecule has 0 radical (unpaired) electrons. The van der Waals surface area contributed by atoms with Crippen molar-refractivity contribution >= 4 is 22.6 Å². The standard InChI is InChI=1S/C24H28N6/c1-16-12-23-22(29(16)15-19-6-4-3-5-7-19)13-21(24(27)30(23)17(2)26)28-20-10-8-18(14-25)9-11-20/h3-7,12-13,18,20,26-28H,8-11,15H2,1-2H3. The Bertz CT molecular complexity index is 1170. The second-order valence-electron chi connectivity index (χ2n) is 8.28. The molecule has 30 heavy (non-hydrogen) atoms. The summed E-state index contributed by atoms with van der Waals surface area (Å²) in [7, 11) is 0. The van der Waals surface area contributed by atoms with Crippen LogP contribution in [0, 0.1) is 35.0 Å². The Balaban J connectivity index is 1.76. The lowest BCUT2D eigenvalue weighted by atomic mass is 9.87. The van der Waals surface area contributed by atoms with E-state index in [9.17, 15) is 0 Å². The fraction of sp³-hybridized carbons (Fsp3) is 0.375. The molecule has 6 nitrogen and oxygen atoms in total. The molecule has 0 amide bonds. The van der Waals surface area contributed by atoms with Crippen LogP contribution in [-0.2, 0) is 6.54 Å². The Labute approximate surface area is 176 Å². The van der Waals surface area contributed by atoms with Gasteiger partial charge in [0.2, 0.25) is 0 Å². The first-order valence-corrected chi connectivity index (χ1v) is 10.5. The molecule has 0 spiro atoms. The van der Waals surface area contributed by atoms with Crippen LogP contribution in [0.3, 0.4) is 0 Å². The van der Waals surface area contributed by atoms with Crippen molar-refractivity contribution in [3.63, 3.8) is 0 Å². The Kier molecular flexibility index (Phi) is 5.45. The molecule has 0 bridgehead atoms. The third-order valence-corrected chi connectivity index (χ3v) is 6.11. The number of rotatable bonds is 4. The Morgan fingerprint density at radius 2 is 1.83 bits per heavy atom. The number of benzene rings is 1. The number of aromatic nitrogens is 2. The molecule has 1 aliphatic carbocycles. The van der Waals surface area contributed by atoms with Crippen LogP contribution in [0.5, 0.6) is 0 Å². The van der Waals surface area contributed by atoms with E-state index in [0.717, 1.165) is 54.6 Å². The highest BCUT2D eigenvalue weighted by atomic mass is 15.1. The highest BCUT2D eigenvalue weighted by Gasteiger charge is 2.22. The number of nitrogens with zero attached hydrogens (tertiary/aromatic N) is 3. The van der Waals surface area contributed by atoms with Crippen molar-refractivity contribution in [3.05, 3.63) is 59.2 Å². The minimum atomic E-state index is 0.153. The molecule has 1 aliphatic rings. The third-order valence-electron chi connectivity index (χ3n) is 6.11. The third kappa shape index (κ3) is 3.76. The number of fused-ring (bicyclic) bond motifs is 1. The number of anilines is 1.